The number of hydrogen-bond donors (Lipinski definition) is 0. The zero-order valence-corrected chi connectivity index (χ0v) is 16.6. The van der Waals surface area contributed by atoms with Crippen LogP contribution >= 0.6 is 35.6 Å². The van der Waals surface area contributed by atoms with Crippen molar-refractivity contribution < 1.29 is 14.3 Å². The van der Waals surface area contributed by atoms with Crippen molar-refractivity contribution in [1.82, 2.24) is 0 Å². The average molecular weight is 406 g/mol. The maximum absolute atomic E-state index is 12.8. The van der Waals surface area contributed by atoms with Crippen LogP contribution in [-0.2, 0) is 4.79 Å². The van der Waals surface area contributed by atoms with Gasteiger partial charge in [0, 0.05) is 5.02 Å². The van der Waals surface area contributed by atoms with Gasteiger partial charge in [0.05, 0.1) is 24.3 Å². The molecule has 3 rings (SSSR count). The second kappa shape index (κ2) is 8.12. The number of carbonyl (C=O) groups excluding carboxylic acids is 1. The Kier molecular flexibility index (Phi) is 5.86. The quantitative estimate of drug-likeness (QED) is 0.508. The molecule has 0 saturated carbocycles. The Balaban J connectivity index is 1.90. The maximum atomic E-state index is 12.8. The monoisotopic (exact) mass is 405 g/mol. The number of ether oxygens (including phenoxy) is 2. The molecule has 1 saturated heterocycles. The van der Waals surface area contributed by atoms with Gasteiger partial charge >= 0.3 is 0 Å². The first kappa shape index (κ1) is 18.8. The van der Waals surface area contributed by atoms with Crippen molar-refractivity contribution in [3.8, 4) is 11.5 Å². The summed E-state index contributed by atoms with van der Waals surface area (Å²) in [6, 6.07) is 12.6. The summed E-state index contributed by atoms with van der Waals surface area (Å²) in [5.74, 6) is 1.11. The van der Waals surface area contributed by atoms with Crippen molar-refractivity contribution >= 4 is 57.6 Å². The molecule has 0 aromatic heterocycles. The van der Waals surface area contributed by atoms with E-state index in [-0.39, 0.29) is 5.91 Å². The van der Waals surface area contributed by atoms with Crippen LogP contribution in [0.3, 0.4) is 0 Å². The van der Waals surface area contributed by atoms with Gasteiger partial charge in [0.25, 0.3) is 5.91 Å². The number of rotatable bonds is 5. The summed E-state index contributed by atoms with van der Waals surface area (Å²) < 4.78 is 11.3. The van der Waals surface area contributed by atoms with Gasteiger partial charge in [-0.15, -0.1) is 0 Å². The van der Waals surface area contributed by atoms with E-state index in [4.69, 9.17) is 33.3 Å². The lowest BCUT2D eigenvalue weighted by Gasteiger charge is -2.14. The molecule has 0 N–H and O–H groups in total. The normalized spacial score (nSPS) is 15.7. The highest BCUT2D eigenvalue weighted by Gasteiger charge is 2.33. The third-order valence-corrected chi connectivity index (χ3v) is 5.18. The molecule has 0 radical (unpaired) electrons. The van der Waals surface area contributed by atoms with E-state index < -0.39 is 0 Å². The zero-order chi connectivity index (χ0) is 18.7. The fraction of sp³-hybridized carbons (Fsp3) is 0.158. The van der Waals surface area contributed by atoms with Crippen molar-refractivity contribution in [2.45, 2.75) is 6.92 Å². The Hall–Kier alpha value is -2.02. The number of halogens is 1. The zero-order valence-electron chi connectivity index (χ0n) is 14.2. The van der Waals surface area contributed by atoms with E-state index in [0.29, 0.717) is 38.0 Å². The van der Waals surface area contributed by atoms with Crippen LogP contribution in [0, 0.1) is 0 Å². The average Bonchev–Trinajstić information content (AvgIpc) is 2.90. The van der Waals surface area contributed by atoms with Crippen molar-refractivity contribution in [2.24, 2.45) is 0 Å². The van der Waals surface area contributed by atoms with Gasteiger partial charge in [-0.3, -0.25) is 9.69 Å². The van der Waals surface area contributed by atoms with E-state index >= 15 is 0 Å². The highest BCUT2D eigenvalue weighted by Crippen LogP contribution is 2.37. The molecule has 2 aromatic rings. The first-order valence-electron chi connectivity index (χ1n) is 7.88. The largest absolute Gasteiger partial charge is 0.493 e. The number of thioether (sulfide) groups is 1. The predicted octanol–water partition coefficient (Wildman–Crippen LogP) is 5.15. The molecule has 0 unspecified atom stereocenters. The number of methoxy groups -OCH3 is 1. The summed E-state index contributed by atoms with van der Waals surface area (Å²) in [6.07, 6.45) is 1.79. The molecule has 4 nitrogen and oxygen atoms in total. The second-order valence-electron chi connectivity index (χ2n) is 5.34. The SMILES string of the molecule is CCOc1ccc(C=C2SC(=S)N(c3cccc(Cl)c3)C2=O)cc1OC. The minimum Gasteiger partial charge on any atom is -0.493 e. The van der Waals surface area contributed by atoms with Crippen LogP contribution in [0.5, 0.6) is 11.5 Å². The summed E-state index contributed by atoms with van der Waals surface area (Å²) >= 11 is 12.7. The van der Waals surface area contributed by atoms with E-state index in [1.165, 1.54) is 16.7 Å². The molecule has 0 spiro atoms. The van der Waals surface area contributed by atoms with E-state index in [9.17, 15) is 4.79 Å². The van der Waals surface area contributed by atoms with Crippen LogP contribution in [-0.4, -0.2) is 23.9 Å². The van der Waals surface area contributed by atoms with Gasteiger partial charge < -0.3 is 9.47 Å². The lowest BCUT2D eigenvalue weighted by molar-refractivity contribution is -0.113. The fourth-order valence-corrected chi connectivity index (χ4v) is 3.99. The number of amides is 1. The van der Waals surface area contributed by atoms with Gasteiger partial charge in [-0.25, -0.2) is 0 Å². The van der Waals surface area contributed by atoms with Crippen LogP contribution in [0.2, 0.25) is 5.02 Å². The molecule has 0 bridgehead atoms. The van der Waals surface area contributed by atoms with E-state index in [1.54, 1.807) is 37.5 Å². The molecule has 1 heterocycles. The van der Waals surface area contributed by atoms with Crippen LogP contribution in [0.15, 0.2) is 47.4 Å². The van der Waals surface area contributed by atoms with Crippen molar-refractivity contribution in [1.29, 1.82) is 0 Å². The molecule has 2 aromatic carbocycles. The number of anilines is 1. The number of benzene rings is 2. The summed E-state index contributed by atoms with van der Waals surface area (Å²) in [7, 11) is 1.58. The summed E-state index contributed by atoms with van der Waals surface area (Å²) in [4.78, 5) is 14.8. The van der Waals surface area contributed by atoms with Crippen molar-refractivity contribution in [3.05, 3.63) is 58.0 Å². The molecule has 1 aliphatic rings. The van der Waals surface area contributed by atoms with E-state index in [1.807, 2.05) is 25.1 Å². The summed E-state index contributed by atoms with van der Waals surface area (Å²) in [6.45, 7) is 2.46. The minimum absolute atomic E-state index is 0.171. The lowest BCUT2D eigenvalue weighted by Crippen LogP contribution is -2.27. The highest BCUT2D eigenvalue weighted by molar-refractivity contribution is 8.27. The van der Waals surface area contributed by atoms with Crippen LogP contribution < -0.4 is 14.4 Å². The van der Waals surface area contributed by atoms with Crippen LogP contribution in [0.25, 0.3) is 6.08 Å². The standard InChI is InChI=1S/C19H16ClNO3S2/c1-3-24-15-8-7-12(9-16(15)23-2)10-17-18(22)21(19(25)26-17)14-6-4-5-13(20)11-14/h4-11H,3H2,1-2H3. The second-order valence-corrected chi connectivity index (χ2v) is 7.45. The van der Waals surface area contributed by atoms with Crippen LogP contribution in [0.4, 0.5) is 5.69 Å². The Labute approximate surface area is 166 Å². The van der Waals surface area contributed by atoms with Gasteiger partial charge in [-0.05, 0) is 48.9 Å². The Morgan fingerprint density at radius 1 is 1.23 bits per heavy atom. The molecule has 26 heavy (non-hydrogen) atoms. The maximum Gasteiger partial charge on any atom is 0.270 e. The third kappa shape index (κ3) is 3.87. The van der Waals surface area contributed by atoms with Gasteiger partial charge in [0.1, 0.15) is 0 Å². The van der Waals surface area contributed by atoms with Gasteiger partial charge in [0.15, 0.2) is 15.8 Å². The smallest absolute Gasteiger partial charge is 0.270 e. The highest BCUT2D eigenvalue weighted by atomic mass is 35.5. The Morgan fingerprint density at radius 2 is 2.04 bits per heavy atom. The first-order valence-corrected chi connectivity index (χ1v) is 9.48. The van der Waals surface area contributed by atoms with Crippen LogP contribution in [0.1, 0.15) is 12.5 Å². The molecule has 1 fully saturated rings. The molecule has 1 amide bonds. The molecular formula is C19H16ClNO3S2. The molecule has 0 atom stereocenters. The molecule has 1 aliphatic heterocycles. The molecule has 7 heteroatoms. The number of hydrogen-bond acceptors (Lipinski definition) is 5. The van der Waals surface area contributed by atoms with Gasteiger partial charge in [-0.1, -0.05) is 47.7 Å². The van der Waals surface area contributed by atoms with Crippen molar-refractivity contribution in [2.75, 3.05) is 18.6 Å². The van der Waals surface area contributed by atoms with Gasteiger partial charge in [-0.2, -0.15) is 0 Å². The predicted molar refractivity (Wildman–Crippen MR) is 111 cm³/mol. The fourth-order valence-electron chi connectivity index (χ4n) is 2.51. The number of thiocarbonyl (C=S) groups is 1. The Bertz CT molecular complexity index is 898. The molecule has 0 aliphatic carbocycles. The van der Waals surface area contributed by atoms with E-state index in [0.717, 1.165) is 5.56 Å². The third-order valence-electron chi connectivity index (χ3n) is 3.65. The van der Waals surface area contributed by atoms with Gasteiger partial charge in [0.2, 0.25) is 0 Å². The molecular weight excluding hydrogens is 390 g/mol. The minimum atomic E-state index is -0.171. The Morgan fingerprint density at radius 3 is 2.73 bits per heavy atom. The van der Waals surface area contributed by atoms with E-state index in [2.05, 4.69) is 0 Å². The topological polar surface area (TPSA) is 38.8 Å². The number of nitrogens with zero attached hydrogens (tertiary/aromatic N) is 1. The summed E-state index contributed by atoms with van der Waals surface area (Å²) in [5.41, 5.74) is 1.49. The molecule has 134 valence electrons. The van der Waals surface area contributed by atoms with Crippen molar-refractivity contribution in [3.63, 3.8) is 0 Å². The number of carbonyl (C=O) groups is 1. The summed E-state index contributed by atoms with van der Waals surface area (Å²) in [5, 5.41) is 0.553. The first-order chi connectivity index (χ1) is 12.5. The lowest BCUT2D eigenvalue weighted by atomic mass is 10.2.